The second-order valence-corrected chi connectivity index (χ2v) is 6.33. The maximum Gasteiger partial charge on any atom is 0.239 e. The zero-order valence-electron chi connectivity index (χ0n) is 13.8. The fourth-order valence-corrected chi connectivity index (χ4v) is 3.21. The highest BCUT2D eigenvalue weighted by Gasteiger charge is 2.11. The van der Waals surface area contributed by atoms with Crippen molar-refractivity contribution < 1.29 is 9.59 Å². The summed E-state index contributed by atoms with van der Waals surface area (Å²) in [6.45, 7) is 0.451. The van der Waals surface area contributed by atoms with Gasteiger partial charge in [0.05, 0.1) is 6.54 Å². The van der Waals surface area contributed by atoms with Gasteiger partial charge in [-0.1, -0.05) is 30.3 Å². The Kier molecular flexibility index (Phi) is 3.98. The molecule has 6 bridgehead atoms. The molecular formula is C20H19N3O2. The molecule has 0 atom stereocenters. The molecule has 0 spiro atoms. The van der Waals surface area contributed by atoms with Crippen LogP contribution in [0.25, 0.3) is 22.0 Å². The lowest BCUT2D eigenvalue weighted by Gasteiger charge is -2.10. The summed E-state index contributed by atoms with van der Waals surface area (Å²) in [5.74, 6) is -0.298. The van der Waals surface area contributed by atoms with Gasteiger partial charge in [0.25, 0.3) is 0 Å². The smallest absolute Gasteiger partial charge is 0.239 e. The topological polar surface area (TPSA) is 74.0 Å². The normalized spacial score (nSPS) is 15.4. The molecule has 0 unspecified atom stereocenters. The predicted molar refractivity (Wildman–Crippen MR) is 96.9 cm³/mol. The first-order chi connectivity index (χ1) is 12.2. The summed E-state index contributed by atoms with van der Waals surface area (Å²) in [4.78, 5) is 27.2. The molecule has 25 heavy (non-hydrogen) atoms. The molecule has 2 aromatic carbocycles. The fraction of sp³-hybridized carbons (Fsp3) is 0.200. The molecule has 0 aliphatic carbocycles. The number of rotatable bonds is 0. The number of aromatic nitrogens is 1. The molecule has 3 heterocycles. The summed E-state index contributed by atoms with van der Waals surface area (Å²) < 4.78 is 0. The van der Waals surface area contributed by atoms with Gasteiger partial charge < -0.3 is 15.6 Å². The average molecular weight is 333 g/mol. The minimum absolute atomic E-state index is 0.00875. The van der Waals surface area contributed by atoms with Crippen molar-refractivity contribution >= 4 is 22.7 Å². The standard InChI is InChI=1S/C20H19N3O2/c24-19-7-5-16-11-21-18-9-15(4-6-17(16)18)14-3-1-2-13(8-14)10-22-20(25)12-23-19/h1-4,6,8-9,11,21H,5,7,10,12H2,(H,22,25)(H,23,24). The number of aromatic amines is 1. The Morgan fingerprint density at radius 2 is 1.64 bits per heavy atom. The Labute approximate surface area is 145 Å². The second-order valence-electron chi connectivity index (χ2n) is 6.33. The van der Waals surface area contributed by atoms with Crippen molar-refractivity contribution in [3.8, 4) is 11.1 Å². The molecule has 2 amide bonds. The van der Waals surface area contributed by atoms with Crippen molar-refractivity contribution in [3.05, 3.63) is 59.8 Å². The van der Waals surface area contributed by atoms with Gasteiger partial charge in [-0.05, 0) is 40.8 Å². The van der Waals surface area contributed by atoms with Crippen LogP contribution in [0.1, 0.15) is 17.5 Å². The van der Waals surface area contributed by atoms with E-state index in [1.165, 1.54) is 0 Å². The SMILES string of the molecule is O=C1CCc2c[nH]c3cc(ccc23)-c2cccc(c2)CNC(=O)CN1. The van der Waals surface area contributed by atoms with E-state index in [0.717, 1.165) is 33.2 Å². The predicted octanol–water partition coefficient (Wildman–Crippen LogP) is 2.51. The highest BCUT2D eigenvalue weighted by Crippen LogP contribution is 2.27. The molecule has 3 aromatic rings. The number of amides is 2. The lowest BCUT2D eigenvalue weighted by atomic mass is 10.0. The number of fused-ring (bicyclic) bond motifs is 8. The van der Waals surface area contributed by atoms with Gasteiger partial charge in [-0.2, -0.15) is 0 Å². The Morgan fingerprint density at radius 3 is 2.56 bits per heavy atom. The minimum atomic E-state index is -0.182. The van der Waals surface area contributed by atoms with E-state index in [2.05, 4.69) is 45.9 Å². The monoisotopic (exact) mass is 333 g/mol. The van der Waals surface area contributed by atoms with Crippen molar-refractivity contribution in [2.75, 3.05) is 6.54 Å². The van der Waals surface area contributed by atoms with Gasteiger partial charge in [-0.25, -0.2) is 0 Å². The van der Waals surface area contributed by atoms with Crippen LogP contribution in [-0.2, 0) is 22.6 Å². The van der Waals surface area contributed by atoms with Gasteiger partial charge in [-0.3, -0.25) is 9.59 Å². The summed E-state index contributed by atoms with van der Waals surface area (Å²) in [7, 11) is 0. The van der Waals surface area contributed by atoms with Crippen LogP contribution in [0, 0.1) is 0 Å². The molecule has 3 N–H and O–H groups in total. The van der Waals surface area contributed by atoms with Crippen LogP contribution in [0.15, 0.2) is 48.7 Å². The van der Waals surface area contributed by atoms with E-state index in [1.54, 1.807) is 0 Å². The molecular weight excluding hydrogens is 314 g/mol. The number of benzene rings is 2. The van der Waals surface area contributed by atoms with E-state index in [-0.39, 0.29) is 18.4 Å². The number of hydrogen-bond acceptors (Lipinski definition) is 2. The molecule has 126 valence electrons. The number of hydrogen-bond donors (Lipinski definition) is 3. The third kappa shape index (κ3) is 3.26. The number of carbonyl (C=O) groups is 2. The largest absolute Gasteiger partial charge is 0.361 e. The molecule has 5 rings (SSSR count). The Balaban J connectivity index is 1.76. The maximum atomic E-state index is 12.0. The highest BCUT2D eigenvalue weighted by atomic mass is 16.2. The maximum absolute atomic E-state index is 12.0. The van der Waals surface area contributed by atoms with Gasteiger partial charge in [0.1, 0.15) is 0 Å². The summed E-state index contributed by atoms with van der Waals surface area (Å²) >= 11 is 0. The van der Waals surface area contributed by atoms with Crippen molar-refractivity contribution in [1.29, 1.82) is 0 Å². The van der Waals surface area contributed by atoms with Gasteiger partial charge in [0, 0.05) is 30.1 Å². The van der Waals surface area contributed by atoms with Crippen LogP contribution in [0.5, 0.6) is 0 Å². The summed E-state index contributed by atoms with van der Waals surface area (Å²) in [5, 5.41) is 6.66. The Bertz CT molecular complexity index is 958. The van der Waals surface area contributed by atoms with Crippen LogP contribution in [0.2, 0.25) is 0 Å². The zero-order chi connectivity index (χ0) is 17.2. The number of H-pyrrole nitrogens is 1. The van der Waals surface area contributed by atoms with Crippen molar-refractivity contribution in [2.24, 2.45) is 0 Å². The first-order valence-corrected chi connectivity index (χ1v) is 8.42. The van der Waals surface area contributed by atoms with E-state index >= 15 is 0 Å². The first-order valence-electron chi connectivity index (χ1n) is 8.42. The summed E-state index contributed by atoms with van der Waals surface area (Å²) in [6.07, 6.45) is 2.96. The molecule has 0 saturated carbocycles. The highest BCUT2D eigenvalue weighted by molar-refractivity contribution is 5.89. The van der Waals surface area contributed by atoms with Gasteiger partial charge >= 0.3 is 0 Å². The third-order valence-corrected chi connectivity index (χ3v) is 4.58. The number of carbonyl (C=O) groups excluding carboxylic acids is 2. The van der Waals surface area contributed by atoms with Crippen LogP contribution in [0.4, 0.5) is 0 Å². The average Bonchev–Trinajstić information content (AvgIpc) is 3.05. The molecule has 5 heteroatoms. The van der Waals surface area contributed by atoms with Crippen LogP contribution in [0.3, 0.4) is 0 Å². The Morgan fingerprint density at radius 1 is 0.800 bits per heavy atom. The van der Waals surface area contributed by atoms with E-state index in [1.807, 2.05) is 18.3 Å². The van der Waals surface area contributed by atoms with E-state index in [4.69, 9.17) is 0 Å². The number of nitrogens with one attached hydrogen (secondary N) is 3. The lowest BCUT2D eigenvalue weighted by Crippen LogP contribution is -2.36. The molecule has 0 fully saturated rings. The first kappa shape index (κ1) is 15.4. The van der Waals surface area contributed by atoms with Gasteiger partial charge in [0.15, 0.2) is 0 Å². The molecule has 5 nitrogen and oxygen atoms in total. The van der Waals surface area contributed by atoms with Gasteiger partial charge in [0.2, 0.25) is 11.8 Å². The summed E-state index contributed by atoms with van der Waals surface area (Å²) in [6, 6.07) is 14.5. The quantitative estimate of drug-likeness (QED) is 0.591. The van der Waals surface area contributed by atoms with E-state index < -0.39 is 0 Å². The zero-order valence-corrected chi connectivity index (χ0v) is 13.8. The van der Waals surface area contributed by atoms with E-state index in [9.17, 15) is 9.59 Å². The van der Waals surface area contributed by atoms with Crippen molar-refractivity contribution in [1.82, 2.24) is 15.6 Å². The second kappa shape index (κ2) is 6.43. The van der Waals surface area contributed by atoms with Crippen molar-refractivity contribution in [2.45, 2.75) is 19.4 Å². The van der Waals surface area contributed by atoms with Crippen LogP contribution < -0.4 is 10.6 Å². The lowest BCUT2D eigenvalue weighted by molar-refractivity contribution is -0.126. The molecule has 0 saturated heterocycles. The third-order valence-electron chi connectivity index (χ3n) is 4.58. The summed E-state index contributed by atoms with van der Waals surface area (Å²) in [5.41, 5.74) is 5.45. The van der Waals surface area contributed by atoms with Crippen LogP contribution in [-0.4, -0.2) is 23.3 Å². The van der Waals surface area contributed by atoms with E-state index in [0.29, 0.717) is 19.4 Å². The minimum Gasteiger partial charge on any atom is -0.361 e. The van der Waals surface area contributed by atoms with Crippen molar-refractivity contribution in [3.63, 3.8) is 0 Å². The van der Waals surface area contributed by atoms with Crippen LogP contribution >= 0.6 is 0 Å². The molecule has 2 aliphatic heterocycles. The fourth-order valence-electron chi connectivity index (χ4n) is 3.21. The molecule has 0 radical (unpaired) electrons. The number of aryl methyl sites for hydroxylation is 1. The molecule has 1 aromatic heterocycles. The Hall–Kier alpha value is -3.08. The van der Waals surface area contributed by atoms with Gasteiger partial charge in [-0.15, -0.1) is 0 Å². The molecule has 2 aliphatic rings.